The number of anilines is 1. The molecule has 1 aliphatic heterocycles. The lowest BCUT2D eigenvalue weighted by molar-refractivity contribution is 0.708. The van der Waals surface area contributed by atoms with E-state index in [9.17, 15) is 0 Å². The van der Waals surface area contributed by atoms with E-state index in [2.05, 4.69) is 5.10 Å². The van der Waals surface area contributed by atoms with Crippen molar-refractivity contribution < 1.29 is 0 Å². The van der Waals surface area contributed by atoms with Gasteiger partial charge in [-0.25, -0.2) is 0 Å². The summed E-state index contributed by atoms with van der Waals surface area (Å²) in [6, 6.07) is 13.1. The minimum atomic E-state index is 0.0273. The molecule has 2 aromatic carbocycles. The Balaban J connectivity index is 1.98. The first-order valence-electron chi connectivity index (χ1n) is 6.37. The Hall–Kier alpha value is -1.42. The van der Waals surface area contributed by atoms with Crippen LogP contribution in [0.5, 0.6) is 0 Å². The first-order chi connectivity index (χ1) is 10.0. The van der Waals surface area contributed by atoms with Crippen LogP contribution < -0.4 is 10.7 Å². The molecule has 6 heteroatoms. The van der Waals surface area contributed by atoms with Crippen molar-refractivity contribution in [2.75, 3.05) is 5.01 Å². The van der Waals surface area contributed by atoms with Crippen molar-refractivity contribution in [2.24, 2.45) is 10.8 Å². The Morgan fingerprint density at radius 1 is 1.00 bits per heavy atom. The van der Waals surface area contributed by atoms with Gasteiger partial charge in [-0.15, -0.1) is 0 Å². The smallest absolute Gasteiger partial charge is 0.122 e. The van der Waals surface area contributed by atoms with Crippen LogP contribution in [0.25, 0.3) is 0 Å². The average Bonchev–Trinajstić information content (AvgIpc) is 2.85. The van der Waals surface area contributed by atoms with Gasteiger partial charge in [-0.3, -0.25) is 5.01 Å². The van der Waals surface area contributed by atoms with Crippen LogP contribution in [0.2, 0.25) is 15.1 Å². The number of rotatable bonds is 2. The zero-order valence-electron chi connectivity index (χ0n) is 10.9. The highest BCUT2D eigenvalue weighted by Gasteiger charge is 2.28. The zero-order chi connectivity index (χ0) is 15.0. The van der Waals surface area contributed by atoms with Crippen LogP contribution in [0, 0.1) is 0 Å². The first-order valence-corrected chi connectivity index (χ1v) is 7.50. The van der Waals surface area contributed by atoms with E-state index < -0.39 is 0 Å². The molecule has 3 nitrogen and oxygen atoms in total. The first kappa shape index (κ1) is 14.5. The van der Waals surface area contributed by atoms with E-state index in [0.717, 1.165) is 11.3 Å². The number of nitrogens with two attached hydrogens (primary N) is 1. The van der Waals surface area contributed by atoms with Crippen LogP contribution in [0.4, 0.5) is 5.69 Å². The fourth-order valence-corrected chi connectivity index (χ4v) is 2.76. The van der Waals surface area contributed by atoms with E-state index in [-0.39, 0.29) is 6.04 Å². The summed E-state index contributed by atoms with van der Waals surface area (Å²) in [5.74, 6) is 0.584. The van der Waals surface area contributed by atoms with Crippen molar-refractivity contribution in [1.82, 2.24) is 0 Å². The minimum absolute atomic E-state index is 0.0273. The molecule has 1 atom stereocenters. The molecule has 21 heavy (non-hydrogen) atoms. The Kier molecular flexibility index (Phi) is 3.98. The second kappa shape index (κ2) is 5.76. The molecule has 0 fully saturated rings. The number of amidine groups is 1. The summed E-state index contributed by atoms with van der Waals surface area (Å²) in [7, 11) is 0. The van der Waals surface area contributed by atoms with E-state index >= 15 is 0 Å². The summed E-state index contributed by atoms with van der Waals surface area (Å²) < 4.78 is 0. The van der Waals surface area contributed by atoms with Gasteiger partial charge in [0.2, 0.25) is 0 Å². The molecule has 1 heterocycles. The fourth-order valence-electron chi connectivity index (χ4n) is 2.34. The lowest BCUT2D eigenvalue weighted by atomic mass is 10.0. The number of halogens is 3. The molecule has 0 bridgehead atoms. The number of benzene rings is 2. The molecule has 2 N–H and O–H groups in total. The van der Waals surface area contributed by atoms with Crippen LogP contribution >= 0.6 is 34.8 Å². The molecule has 0 aromatic heterocycles. The molecule has 0 saturated carbocycles. The SMILES string of the molecule is NC1=NN(c2ccc(Cl)c(Cl)c2)C(c2ccc(Cl)cc2)C1. The second-order valence-electron chi connectivity index (χ2n) is 4.81. The molecule has 0 amide bonds. The third-order valence-electron chi connectivity index (χ3n) is 3.36. The van der Waals surface area contributed by atoms with Gasteiger partial charge >= 0.3 is 0 Å². The molecule has 0 aliphatic carbocycles. The Morgan fingerprint density at radius 2 is 1.71 bits per heavy atom. The van der Waals surface area contributed by atoms with Crippen molar-refractivity contribution >= 4 is 46.3 Å². The maximum absolute atomic E-state index is 6.09. The summed E-state index contributed by atoms with van der Waals surface area (Å²) in [5.41, 5.74) is 7.86. The molecular formula is C15H12Cl3N3. The van der Waals surface area contributed by atoms with Crippen molar-refractivity contribution in [3.05, 3.63) is 63.1 Å². The number of hydrazone groups is 1. The molecule has 3 rings (SSSR count). The zero-order valence-corrected chi connectivity index (χ0v) is 13.2. The highest BCUT2D eigenvalue weighted by Crippen LogP contribution is 2.37. The Bertz CT molecular complexity index is 698. The van der Waals surface area contributed by atoms with E-state index in [4.69, 9.17) is 40.5 Å². The van der Waals surface area contributed by atoms with E-state index in [1.165, 1.54) is 0 Å². The molecule has 0 saturated heterocycles. The van der Waals surface area contributed by atoms with Gasteiger partial charge in [-0.05, 0) is 35.9 Å². The predicted molar refractivity (Wildman–Crippen MR) is 89.4 cm³/mol. The summed E-state index contributed by atoms with van der Waals surface area (Å²) in [6.45, 7) is 0. The molecule has 0 radical (unpaired) electrons. The highest BCUT2D eigenvalue weighted by atomic mass is 35.5. The van der Waals surface area contributed by atoms with Gasteiger partial charge in [-0.2, -0.15) is 5.10 Å². The number of nitrogens with zero attached hydrogens (tertiary/aromatic N) is 2. The number of hydrogen-bond acceptors (Lipinski definition) is 3. The van der Waals surface area contributed by atoms with Gasteiger partial charge in [0.1, 0.15) is 5.84 Å². The van der Waals surface area contributed by atoms with Gasteiger partial charge in [-0.1, -0.05) is 46.9 Å². The summed E-state index contributed by atoms with van der Waals surface area (Å²) in [4.78, 5) is 0. The maximum atomic E-state index is 6.09. The van der Waals surface area contributed by atoms with E-state index in [1.807, 2.05) is 35.3 Å². The van der Waals surface area contributed by atoms with Crippen LogP contribution in [-0.4, -0.2) is 5.84 Å². The van der Waals surface area contributed by atoms with Gasteiger partial charge in [0.15, 0.2) is 0 Å². The molecule has 0 spiro atoms. The van der Waals surface area contributed by atoms with E-state index in [1.54, 1.807) is 12.1 Å². The van der Waals surface area contributed by atoms with Gasteiger partial charge < -0.3 is 5.73 Å². The van der Waals surface area contributed by atoms with Crippen molar-refractivity contribution in [3.63, 3.8) is 0 Å². The van der Waals surface area contributed by atoms with Crippen LogP contribution in [0.3, 0.4) is 0 Å². The van der Waals surface area contributed by atoms with Gasteiger partial charge in [0.05, 0.1) is 21.8 Å². The normalized spacial score (nSPS) is 18.0. The standard InChI is InChI=1S/C15H12Cl3N3/c16-10-3-1-9(2-4-10)14-8-15(19)20-21(14)11-5-6-12(17)13(18)7-11/h1-7,14H,8H2,(H2,19,20). The average molecular weight is 341 g/mol. The maximum Gasteiger partial charge on any atom is 0.122 e. The molecule has 1 aliphatic rings. The number of hydrogen-bond donors (Lipinski definition) is 1. The molecule has 108 valence electrons. The molecule has 1 unspecified atom stereocenters. The third-order valence-corrected chi connectivity index (χ3v) is 4.35. The van der Waals surface area contributed by atoms with Crippen molar-refractivity contribution in [1.29, 1.82) is 0 Å². The topological polar surface area (TPSA) is 41.6 Å². The molecular weight excluding hydrogens is 329 g/mol. The molecule has 2 aromatic rings. The third kappa shape index (κ3) is 2.95. The quantitative estimate of drug-likeness (QED) is 0.847. The van der Waals surface area contributed by atoms with Crippen molar-refractivity contribution in [2.45, 2.75) is 12.5 Å². The summed E-state index contributed by atoms with van der Waals surface area (Å²) >= 11 is 18.0. The predicted octanol–water partition coefficient (Wildman–Crippen LogP) is 4.87. The fraction of sp³-hybridized carbons (Fsp3) is 0.133. The monoisotopic (exact) mass is 339 g/mol. The van der Waals surface area contributed by atoms with Crippen LogP contribution in [-0.2, 0) is 0 Å². The van der Waals surface area contributed by atoms with Gasteiger partial charge in [0.25, 0.3) is 0 Å². The van der Waals surface area contributed by atoms with Gasteiger partial charge in [0, 0.05) is 11.4 Å². The largest absolute Gasteiger partial charge is 0.386 e. The highest BCUT2D eigenvalue weighted by molar-refractivity contribution is 6.42. The summed E-state index contributed by atoms with van der Waals surface area (Å²) in [5, 5.41) is 7.97. The van der Waals surface area contributed by atoms with Crippen LogP contribution in [0.1, 0.15) is 18.0 Å². The minimum Gasteiger partial charge on any atom is -0.386 e. The Labute approximate surface area is 137 Å². The summed E-state index contributed by atoms with van der Waals surface area (Å²) in [6.07, 6.45) is 0.655. The Morgan fingerprint density at radius 3 is 2.38 bits per heavy atom. The lowest BCUT2D eigenvalue weighted by Gasteiger charge is -2.24. The van der Waals surface area contributed by atoms with Crippen LogP contribution in [0.15, 0.2) is 47.6 Å². The second-order valence-corrected chi connectivity index (χ2v) is 6.06. The lowest BCUT2D eigenvalue weighted by Crippen LogP contribution is -2.18. The van der Waals surface area contributed by atoms with Crippen molar-refractivity contribution in [3.8, 4) is 0 Å². The van der Waals surface area contributed by atoms with E-state index in [0.29, 0.717) is 27.3 Å².